The van der Waals surface area contributed by atoms with Crippen LogP contribution in [0.3, 0.4) is 0 Å². The van der Waals surface area contributed by atoms with E-state index in [-0.39, 0.29) is 6.61 Å². The van der Waals surface area contributed by atoms with Crippen LogP contribution < -0.4 is 0 Å². The fourth-order valence-electron chi connectivity index (χ4n) is 3.45. The number of aliphatic hydroxyl groups excluding tert-OH is 4. The van der Waals surface area contributed by atoms with Gasteiger partial charge < -0.3 is 29.9 Å². The normalized spacial score (nSPS) is 22.5. The van der Waals surface area contributed by atoms with Gasteiger partial charge in [-0.3, -0.25) is 9.80 Å². The van der Waals surface area contributed by atoms with Gasteiger partial charge in [0.25, 0.3) is 0 Å². The monoisotopic (exact) mass is 468 g/mol. The van der Waals surface area contributed by atoms with Gasteiger partial charge in [-0.25, -0.2) is 4.79 Å². The van der Waals surface area contributed by atoms with E-state index in [1.807, 2.05) is 0 Å². The van der Waals surface area contributed by atoms with Crippen LogP contribution in [0.5, 0.6) is 0 Å². The second-order valence-electron chi connectivity index (χ2n) is 9.60. The van der Waals surface area contributed by atoms with E-state index in [2.05, 4.69) is 25.0 Å². The van der Waals surface area contributed by atoms with E-state index in [1.54, 1.807) is 51.7 Å². The van der Waals surface area contributed by atoms with Crippen molar-refractivity contribution < 1.29 is 34.7 Å². The summed E-state index contributed by atoms with van der Waals surface area (Å²) in [5.41, 5.74) is -1.67. The number of rotatable bonds is 9. The van der Waals surface area contributed by atoms with Crippen molar-refractivity contribution in [3.05, 3.63) is 25.3 Å². The lowest BCUT2D eigenvalue weighted by molar-refractivity contribution is -0.112. The van der Waals surface area contributed by atoms with Gasteiger partial charge in [-0.1, -0.05) is 24.0 Å². The topological polar surface area (TPSA) is 123 Å². The summed E-state index contributed by atoms with van der Waals surface area (Å²) < 4.78 is 11.3. The average molecular weight is 469 g/mol. The zero-order valence-corrected chi connectivity index (χ0v) is 20.6. The largest absolute Gasteiger partial charge is 0.444 e. The van der Waals surface area contributed by atoms with Crippen LogP contribution in [0.2, 0.25) is 0 Å². The van der Waals surface area contributed by atoms with Crippen molar-refractivity contribution in [3.63, 3.8) is 0 Å². The van der Waals surface area contributed by atoms with E-state index in [0.717, 1.165) is 0 Å². The fourth-order valence-corrected chi connectivity index (χ4v) is 3.45. The zero-order valence-electron chi connectivity index (χ0n) is 20.6. The maximum atomic E-state index is 12.8. The van der Waals surface area contributed by atoms with Gasteiger partial charge in [-0.05, 0) is 41.5 Å². The maximum absolute atomic E-state index is 12.8. The minimum atomic E-state index is -1.67. The molecule has 188 valence electrons. The summed E-state index contributed by atoms with van der Waals surface area (Å²) in [6.45, 7) is 18.2. The highest BCUT2D eigenvalue weighted by Gasteiger charge is 2.45. The van der Waals surface area contributed by atoms with Crippen LogP contribution in [0.15, 0.2) is 25.3 Å². The molecule has 0 spiro atoms. The van der Waals surface area contributed by atoms with E-state index in [9.17, 15) is 25.2 Å². The molecule has 1 rings (SSSR count). The molecule has 9 heteroatoms. The molecule has 1 heterocycles. The van der Waals surface area contributed by atoms with Gasteiger partial charge in [0.2, 0.25) is 0 Å². The highest BCUT2D eigenvalue weighted by atomic mass is 16.6. The molecule has 9 nitrogen and oxygen atoms in total. The van der Waals surface area contributed by atoms with Gasteiger partial charge in [0.1, 0.15) is 41.7 Å². The van der Waals surface area contributed by atoms with Gasteiger partial charge in [-0.15, -0.1) is 13.2 Å². The SMILES string of the molecule is C=CCN(CC=C)[C@@H](C#C[C@@H]1COC(C)(C)N1C(=O)OC(C)(C)C)[C@@H](O)[C@H](O)[C@H](O)[C@H](C)O. The number of ether oxygens (including phenoxy) is 2. The molecule has 0 aliphatic carbocycles. The highest BCUT2D eigenvalue weighted by Crippen LogP contribution is 2.29. The third kappa shape index (κ3) is 8.10. The lowest BCUT2D eigenvalue weighted by atomic mass is 9.97. The number of carbonyl (C=O) groups is 1. The molecular formula is C24H40N2O7. The van der Waals surface area contributed by atoms with Crippen molar-refractivity contribution in [2.45, 2.75) is 89.4 Å². The Morgan fingerprint density at radius 3 is 2.18 bits per heavy atom. The number of amides is 1. The first-order valence-electron chi connectivity index (χ1n) is 11.0. The Labute approximate surface area is 197 Å². The van der Waals surface area contributed by atoms with Crippen LogP contribution in [0.25, 0.3) is 0 Å². The number of aliphatic hydroxyl groups is 4. The van der Waals surface area contributed by atoms with Gasteiger partial charge in [0, 0.05) is 13.1 Å². The van der Waals surface area contributed by atoms with Gasteiger partial charge in [0.05, 0.1) is 12.7 Å². The van der Waals surface area contributed by atoms with Crippen molar-refractivity contribution in [2.24, 2.45) is 0 Å². The lowest BCUT2D eigenvalue weighted by Gasteiger charge is -2.35. The molecule has 6 atom stereocenters. The van der Waals surface area contributed by atoms with E-state index < -0.39 is 53.9 Å². The molecule has 0 aromatic carbocycles. The molecule has 0 unspecified atom stereocenters. The van der Waals surface area contributed by atoms with E-state index >= 15 is 0 Å². The lowest BCUT2D eigenvalue weighted by Crippen LogP contribution is -2.54. The summed E-state index contributed by atoms with van der Waals surface area (Å²) >= 11 is 0. The maximum Gasteiger partial charge on any atom is 0.413 e. The molecule has 33 heavy (non-hydrogen) atoms. The summed E-state index contributed by atoms with van der Waals surface area (Å²) in [6, 6.07) is -1.63. The van der Waals surface area contributed by atoms with Crippen LogP contribution in [-0.2, 0) is 9.47 Å². The second-order valence-corrected chi connectivity index (χ2v) is 9.60. The summed E-state index contributed by atoms with van der Waals surface area (Å²) in [7, 11) is 0. The van der Waals surface area contributed by atoms with Crippen molar-refractivity contribution in [1.29, 1.82) is 0 Å². The molecule has 0 aromatic heterocycles. The molecule has 1 aliphatic rings. The van der Waals surface area contributed by atoms with Crippen LogP contribution in [0.1, 0.15) is 41.5 Å². The third-order valence-electron chi connectivity index (χ3n) is 5.11. The molecule has 4 N–H and O–H groups in total. The molecule has 1 aliphatic heterocycles. The number of hydrogen-bond donors (Lipinski definition) is 4. The Morgan fingerprint density at radius 1 is 1.18 bits per heavy atom. The molecule has 0 saturated carbocycles. The smallest absolute Gasteiger partial charge is 0.413 e. The van der Waals surface area contributed by atoms with Crippen molar-refractivity contribution in [1.82, 2.24) is 9.80 Å². The molecule has 1 fully saturated rings. The van der Waals surface area contributed by atoms with Crippen LogP contribution in [0.4, 0.5) is 4.79 Å². The van der Waals surface area contributed by atoms with Gasteiger partial charge in [0.15, 0.2) is 0 Å². The number of hydrogen-bond acceptors (Lipinski definition) is 8. The second kappa shape index (κ2) is 12.0. The Balaban J connectivity index is 3.33. The Kier molecular flexibility index (Phi) is 10.6. The van der Waals surface area contributed by atoms with Gasteiger partial charge in [-0.2, -0.15) is 0 Å². The Hall–Kier alpha value is -1.93. The molecule has 1 saturated heterocycles. The minimum absolute atomic E-state index is 0.129. The fraction of sp³-hybridized carbons (Fsp3) is 0.708. The first kappa shape index (κ1) is 29.1. The van der Waals surface area contributed by atoms with Gasteiger partial charge >= 0.3 is 6.09 Å². The summed E-state index contributed by atoms with van der Waals surface area (Å²) in [4.78, 5) is 16.0. The molecule has 0 bridgehead atoms. The van der Waals surface area contributed by atoms with E-state index in [0.29, 0.717) is 13.1 Å². The quantitative estimate of drug-likeness (QED) is 0.290. The van der Waals surface area contributed by atoms with Crippen molar-refractivity contribution >= 4 is 6.09 Å². The predicted octanol–water partition coefficient (Wildman–Crippen LogP) is 0.868. The third-order valence-corrected chi connectivity index (χ3v) is 5.11. The van der Waals surface area contributed by atoms with Crippen molar-refractivity contribution in [2.75, 3.05) is 19.7 Å². The van der Waals surface area contributed by atoms with Crippen LogP contribution in [0, 0.1) is 11.8 Å². The zero-order chi connectivity index (χ0) is 25.6. The summed E-state index contributed by atoms with van der Waals surface area (Å²) in [5, 5.41) is 41.0. The predicted molar refractivity (Wildman–Crippen MR) is 125 cm³/mol. The molecule has 0 radical (unpaired) electrons. The minimum Gasteiger partial charge on any atom is -0.444 e. The Bertz CT molecular complexity index is 725. The summed E-state index contributed by atoms with van der Waals surface area (Å²) in [6.07, 6.45) is -3.41. The standard InChI is InChI=1S/C24H40N2O7/c1-9-13-25(14-10-2)18(20(29)21(30)19(28)16(3)27)12-11-17-15-32-24(7,8)26(17)22(31)33-23(4,5)6/h9-10,16-21,27-30H,1-2,13-15H2,3-8H3/t16-,17+,18-,19+,20+,21+/m0/s1. The van der Waals surface area contributed by atoms with E-state index in [1.165, 1.54) is 11.8 Å². The Morgan fingerprint density at radius 2 is 1.73 bits per heavy atom. The van der Waals surface area contributed by atoms with Crippen LogP contribution >= 0.6 is 0 Å². The highest BCUT2D eigenvalue weighted by molar-refractivity contribution is 5.70. The molecule has 0 aromatic rings. The van der Waals surface area contributed by atoms with Crippen molar-refractivity contribution in [3.8, 4) is 11.8 Å². The first-order valence-corrected chi connectivity index (χ1v) is 11.0. The van der Waals surface area contributed by atoms with E-state index in [4.69, 9.17) is 9.47 Å². The number of carbonyl (C=O) groups excluding carboxylic acids is 1. The van der Waals surface area contributed by atoms with Crippen LogP contribution in [-0.4, -0.2) is 104 Å². The summed E-state index contributed by atoms with van der Waals surface area (Å²) in [5.74, 6) is 5.92. The average Bonchev–Trinajstić information content (AvgIpc) is 2.99. The number of nitrogens with zero attached hydrogens (tertiary/aromatic N) is 2. The first-order chi connectivity index (χ1) is 15.2. The molecule has 1 amide bonds. The molecular weight excluding hydrogens is 428 g/mol.